The Hall–Kier alpha value is -2.45. The van der Waals surface area contributed by atoms with Gasteiger partial charge < -0.3 is 19.5 Å². The van der Waals surface area contributed by atoms with E-state index in [-0.39, 0.29) is 30.6 Å². The minimum atomic E-state index is -4.14. The Morgan fingerprint density at radius 2 is 1.88 bits per heavy atom. The molecule has 6 nitrogen and oxygen atoms in total. The normalized spacial score (nSPS) is 10.9. The largest absolute Gasteiger partial charge is 0.490 e. The van der Waals surface area contributed by atoms with Crippen molar-refractivity contribution in [3.05, 3.63) is 23.8 Å². The maximum Gasteiger partial charge on any atom is 0.429 e. The summed E-state index contributed by atoms with van der Waals surface area (Å²) in [6.07, 6.45) is -4.64. The van der Waals surface area contributed by atoms with Crippen LogP contribution >= 0.6 is 0 Å². The predicted octanol–water partition coefficient (Wildman–Crippen LogP) is 2.25. The molecule has 0 aliphatic heterocycles. The minimum absolute atomic E-state index is 0.224. The zero-order valence-corrected chi connectivity index (χ0v) is 13.9. The van der Waals surface area contributed by atoms with Crippen LogP contribution in [-0.4, -0.2) is 44.4 Å². The standard InChI is InChI=1S/C16H20F3NO5/c1-3-20-14(21)9-24-12-6-5-11(7-13(12)23-4-2)8-15(22)25-16(18,19)10-17/h5-7H,3-4,8-10H2,1-2H3,(H,20,21). The van der Waals surface area contributed by atoms with Gasteiger partial charge in [-0.2, -0.15) is 8.78 Å². The van der Waals surface area contributed by atoms with Crippen molar-refractivity contribution in [3.63, 3.8) is 0 Å². The van der Waals surface area contributed by atoms with E-state index in [1.165, 1.54) is 18.2 Å². The van der Waals surface area contributed by atoms with Gasteiger partial charge in [-0.25, -0.2) is 4.39 Å². The molecule has 0 aliphatic carbocycles. The molecule has 25 heavy (non-hydrogen) atoms. The van der Waals surface area contributed by atoms with Gasteiger partial charge in [-0.1, -0.05) is 6.07 Å². The summed E-state index contributed by atoms with van der Waals surface area (Å²) < 4.78 is 51.9. The second-order valence-corrected chi connectivity index (χ2v) is 4.88. The SMILES string of the molecule is CCNC(=O)COc1ccc(CC(=O)OC(F)(F)CF)cc1OCC. The van der Waals surface area contributed by atoms with E-state index in [0.29, 0.717) is 12.1 Å². The third-order valence-corrected chi connectivity index (χ3v) is 2.81. The summed E-state index contributed by atoms with van der Waals surface area (Å²) in [5.41, 5.74) is 0.313. The molecule has 0 bridgehead atoms. The van der Waals surface area contributed by atoms with E-state index < -0.39 is 25.2 Å². The molecule has 0 atom stereocenters. The number of esters is 1. The molecule has 0 unspecified atom stereocenters. The number of benzene rings is 1. The third kappa shape index (κ3) is 7.32. The van der Waals surface area contributed by atoms with E-state index in [9.17, 15) is 22.8 Å². The average molecular weight is 363 g/mol. The van der Waals surface area contributed by atoms with Gasteiger partial charge in [-0.15, -0.1) is 0 Å². The van der Waals surface area contributed by atoms with Crippen molar-refractivity contribution in [2.45, 2.75) is 26.4 Å². The van der Waals surface area contributed by atoms with Crippen molar-refractivity contribution < 1.29 is 37.0 Å². The van der Waals surface area contributed by atoms with Gasteiger partial charge >= 0.3 is 12.1 Å². The maximum atomic E-state index is 12.7. The number of ether oxygens (including phenoxy) is 3. The highest BCUT2D eigenvalue weighted by molar-refractivity contribution is 5.77. The monoisotopic (exact) mass is 363 g/mol. The van der Waals surface area contributed by atoms with Crippen LogP contribution in [0.2, 0.25) is 0 Å². The number of hydrogen-bond acceptors (Lipinski definition) is 5. The second-order valence-electron chi connectivity index (χ2n) is 4.88. The fourth-order valence-electron chi connectivity index (χ4n) is 1.84. The van der Waals surface area contributed by atoms with Crippen molar-refractivity contribution >= 4 is 11.9 Å². The van der Waals surface area contributed by atoms with Crippen LogP contribution in [0.1, 0.15) is 19.4 Å². The fourth-order valence-corrected chi connectivity index (χ4v) is 1.84. The van der Waals surface area contributed by atoms with Crippen molar-refractivity contribution in [1.82, 2.24) is 5.32 Å². The minimum Gasteiger partial charge on any atom is -0.490 e. The Morgan fingerprint density at radius 3 is 2.48 bits per heavy atom. The van der Waals surface area contributed by atoms with Crippen molar-refractivity contribution in [2.75, 3.05) is 26.4 Å². The molecule has 0 saturated heterocycles. The molecule has 0 aromatic heterocycles. The molecule has 1 aromatic carbocycles. The van der Waals surface area contributed by atoms with Gasteiger partial charge in [0.2, 0.25) is 0 Å². The molecule has 1 aromatic rings. The topological polar surface area (TPSA) is 73.9 Å². The summed E-state index contributed by atoms with van der Waals surface area (Å²) in [5, 5.41) is 2.56. The summed E-state index contributed by atoms with van der Waals surface area (Å²) in [6.45, 7) is 1.92. The summed E-state index contributed by atoms with van der Waals surface area (Å²) >= 11 is 0. The van der Waals surface area contributed by atoms with Gasteiger partial charge in [0.15, 0.2) is 24.8 Å². The van der Waals surface area contributed by atoms with Crippen LogP contribution in [0.15, 0.2) is 18.2 Å². The second kappa shape index (κ2) is 9.75. The number of rotatable bonds is 10. The number of amides is 1. The molecule has 0 spiro atoms. The van der Waals surface area contributed by atoms with Gasteiger partial charge in [-0.05, 0) is 31.5 Å². The Labute approximate surface area is 143 Å². The van der Waals surface area contributed by atoms with E-state index in [2.05, 4.69) is 10.1 Å². The molecule has 0 saturated carbocycles. The van der Waals surface area contributed by atoms with Gasteiger partial charge in [-0.3, -0.25) is 9.59 Å². The lowest BCUT2D eigenvalue weighted by molar-refractivity contribution is -0.237. The number of hydrogen-bond donors (Lipinski definition) is 1. The molecule has 1 amide bonds. The first-order valence-corrected chi connectivity index (χ1v) is 7.62. The number of carbonyl (C=O) groups excluding carboxylic acids is 2. The highest BCUT2D eigenvalue weighted by Gasteiger charge is 2.34. The lowest BCUT2D eigenvalue weighted by Gasteiger charge is -2.15. The van der Waals surface area contributed by atoms with Crippen LogP contribution in [0.3, 0.4) is 0 Å². The third-order valence-electron chi connectivity index (χ3n) is 2.81. The van der Waals surface area contributed by atoms with Gasteiger partial charge in [0.25, 0.3) is 5.91 Å². The van der Waals surface area contributed by atoms with Gasteiger partial charge in [0.05, 0.1) is 13.0 Å². The number of nitrogens with one attached hydrogen (secondary N) is 1. The molecule has 0 fully saturated rings. The van der Waals surface area contributed by atoms with Crippen LogP contribution in [-0.2, 0) is 20.7 Å². The highest BCUT2D eigenvalue weighted by Crippen LogP contribution is 2.29. The maximum absolute atomic E-state index is 12.7. The Morgan fingerprint density at radius 1 is 1.16 bits per heavy atom. The molecule has 1 N–H and O–H groups in total. The number of alkyl halides is 3. The lowest BCUT2D eigenvalue weighted by Crippen LogP contribution is -2.28. The van der Waals surface area contributed by atoms with Crippen molar-refractivity contribution in [1.29, 1.82) is 0 Å². The van der Waals surface area contributed by atoms with E-state index in [4.69, 9.17) is 9.47 Å². The van der Waals surface area contributed by atoms with Crippen LogP contribution in [0, 0.1) is 0 Å². The summed E-state index contributed by atoms with van der Waals surface area (Å²) in [4.78, 5) is 22.9. The lowest BCUT2D eigenvalue weighted by atomic mass is 10.1. The predicted molar refractivity (Wildman–Crippen MR) is 82.5 cm³/mol. The zero-order chi connectivity index (χ0) is 18.9. The van der Waals surface area contributed by atoms with Crippen LogP contribution < -0.4 is 14.8 Å². The summed E-state index contributed by atoms with van der Waals surface area (Å²) in [6, 6.07) is 4.29. The van der Waals surface area contributed by atoms with Crippen molar-refractivity contribution in [3.8, 4) is 11.5 Å². The van der Waals surface area contributed by atoms with Crippen LogP contribution in [0.5, 0.6) is 11.5 Å². The van der Waals surface area contributed by atoms with Crippen molar-refractivity contribution in [2.24, 2.45) is 0 Å². The van der Waals surface area contributed by atoms with Gasteiger partial charge in [0.1, 0.15) is 0 Å². The first-order valence-electron chi connectivity index (χ1n) is 7.62. The van der Waals surface area contributed by atoms with E-state index in [0.717, 1.165) is 0 Å². The first kappa shape index (κ1) is 20.6. The van der Waals surface area contributed by atoms with E-state index in [1.54, 1.807) is 13.8 Å². The molecule has 0 radical (unpaired) electrons. The summed E-state index contributed by atoms with van der Waals surface area (Å²) in [5.74, 6) is -1.08. The van der Waals surface area contributed by atoms with Crippen LogP contribution in [0.25, 0.3) is 0 Å². The summed E-state index contributed by atoms with van der Waals surface area (Å²) in [7, 11) is 0. The molecule has 1 rings (SSSR count). The van der Waals surface area contributed by atoms with Crippen LogP contribution in [0.4, 0.5) is 13.2 Å². The number of halogens is 3. The highest BCUT2D eigenvalue weighted by atomic mass is 19.3. The zero-order valence-electron chi connectivity index (χ0n) is 13.9. The quantitative estimate of drug-likeness (QED) is 0.646. The molecular formula is C16H20F3NO5. The first-order chi connectivity index (χ1) is 11.8. The fraction of sp³-hybridized carbons (Fsp3) is 0.500. The smallest absolute Gasteiger partial charge is 0.429 e. The molecule has 140 valence electrons. The Kier molecular flexibility index (Phi) is 8.03. The van der Waals surface area contributed by atoms with Gasteiger partial charge in [0, 0.05) is 6.54 Å². The molecule has 9 heteroatoms. The Bertz CT molecular complexity index is 595. The number of carbonyl (C=O) groups is 2. The molecular weight excluding hydrogens is 343 g/mol. The average Bonchev–Trinajstić information content (AvgIpc) is 2.54. The number of likely N-dealkylation sites (N-methyl/N-ethyl adjacent to an activating group) is 1. The Balaban J connectivity index is 2.78. The molecule has 0 aliphatic rings. The molecule has 0 heterocycles. The van der Waals surface area contributed by atoms with E-state index in [1.807, 2.05) is 0 Å². The van der Waals surface area contributed by atoms with E-state index >= 15 is 0 Å².